The second kappa shape index (κ2) is 4.59. The van der Waals surface area contributed by atoms with Crippen LogP contribution in [-0.2, 0) is 23.6 Å². The summed E-state index contributed by atoms with van der Waals surface area (Å²) < 4.78 is 25.5. The first-order chi connectivity index (χ1) is 8.84. The number of rotatable bonds is 3. The van der Waals surface area contributed by atoms with Gasteiger partial charge in [0.05, 0.1) is 0 Å². The fraction of sp³-hybridized carbons (Fsp3) is 0.300. The van der Waals surface area contributed by atoms with Gasteiger partial charge in [-0.25, -0.2) is 13.6 Å². The maximum Gasteiger partial charge on any atom is 0.273 e. The molecule has 0 spiro atoms. The summed E-state index contributed by atoms with van der Waals surface area (Å²) in [6.07, 6.45) is 1.57. The lowest BCUT2D eigenvalue weighted by Crippen LogP contribution is -2.19. The number of sulfonamides is 1. The molecule has 0 aromatic carbocycles. The van der Waals surface area contributed by atoms with Gasteiger partial charge in [-0.1, -0.05) is 0 Å². The highest BCUT2D eigenvalue weighted by Crippen LogP contribution is 2.18. The molecule has 2 aromatic rings. The predicted octanol–water partition coefficient (Wildman–Crippen LogP) is -0.689. The second-order valence-corrected chi connectivity index (χ2v) is 5.42. The SMILES string of the molecule is CCn1c(-c2ccn(C)c(=O)c2)nnc1S(N)(=O)=O. The van der Waals surface area contributed by atoms with E-state index in [4.69, 9.17) is 5.14 Å². The zero-order valence-corrected chi connectivity index (χ0v) is 11.3. The Hall–Kier alpha value is -2.00. The van der Waals surface area contributed by atoms with Crippen molar-refractivity contribution in [2.75, 3.05) is 0 Å². The number of aromatic nitrogens is 4. The van der Waals surface area contributed by atoms with Crippen molar-refractivity contribution in [3.8, 4) is 11.4 Å². The summed E-state index contributed by atoms with van der Waals surface area (Å²) in [6.45, 7) is 2.06. The number of nitrogens with zero attached hydrogens (tertiary/aromatic N) is 4. The van der Waals surface area contributed by atoms with Gasteiger partial charge in [0.1, 0.15) is 0 Å². The Balaban J connectivity index is 2.67. The number of pyridine rings is 1. The number of nitrogens with two attached hydrogens (primary N) is 1. The Bertz CT molecular complexity index is 775. The van der Waals surface area contributed by atoms with Crippen molar-refractivity contribution < 1.29 is 8.42 Å². The van der Waals surface area contributed by atoms with E-state index in [2.05, 4.69) is 10.2 Å². The van der Waals surface area contributed by atoms with Crippen molar-refractivity contribution in [3.05, 3.63) is 28.7 Å². The molecule has 9 heteroatoms. The van der Waals surface area contributed by atoms with E-state index in [-0.39, 0.29) is 10.7 Å². The van der Waals surface area contributed by atoms with E-state index in [1.54, 1.807) is 26.2 Å². The van der Waals surface area contributed by atoms with Crippen LogP contribution in [0, 0.1) is 0 Å². The second-order valence-electron chi connectivity index (χ2n) is 3.96. The Kier molecular flexibility index (Phi) is 3.25. The molecule has 0 atom stereocenters. The highest BCUT2D eigenvalue weighted by molar-refractivity contribution is 7.89. The normalized spacial score (nSPS) is 11.7. The predicted molar refractivity (Wildman–Crippen MR) is 67.7 cm³/mol. The average Bonchev–Trinajstić information content (AvgIpc) is 2.76. The molecule has 2 heterocycles. The van der Waals surface area contributed by atoms with Crippen molar-refractivity contribution in [1.82, 2.24) is 19.3 Å². The number of primary sulfonamides is 1. The van der Waals surface area contributed by atoms with E-state index >= 15 is 0 Å². The van der Waals surface area contributed by atoms with E-state index in [0.717, 1.165) is 0 Å². The van der Waals surface area contributed by atoms with Crippen LogP contribution in [0.5, 0.6) is 0 Å². The van der Waals surface area contributed by atoms with Crippen LogP contribution in [0.1, 0.15) is 6.92 Å². The molecule has 0 aliphatic rings. The molecule has 2 rings (SSSR count). The molecule has 0 aliphatic carbocycles. The third-order valence-electron chi connectivity index (χ3n) is 2.65. The monoisotopic (exact) mass is 283 g/mol. The summed E-state index contributed by atoms with van der Waals surface area (Å²) in [4.78, 5) is 11.6. The Morgan fingerprint density at radius 2 is 2.05 bits per heavy atom. The third-order valence-corrected chi connectivity index (χ3v) is 3.46. The molecule has 0 fully saturated rings. The lowest BCUT2D eigenvalue weighted by Gasteiger charge is -2.06. The van der Waals surface area contributed by atoms with Crippen molar-refractivity contribution in [2.45, 2.75) is 18.6 Å². The number of hydrogen-bond donors (Lipinski definition) is 1. The van der Waals surface area contributed by atoms with Crippen molar-refractivity contribution >= 4 is 10.0 Å². The van der Waals surface area contributed by atoms with Gasteiger partial charge in [-0.05, 0) is 13.0 Å². The maximum atomic E-state index is 11.6. The summed E-state index contributed by atoms with van der Waals surface area (Å²) in [5.74, 6) is 0.296. The first-order valence-electron chi connectivity index (χ1n) is 5.47. The molecule has 0 bridgehead atoms. The van der Waals surface area contributed by atoms with E-state index < -0.39 is 10.0 Å². The molecule has 0 unspecified atom stereocenters. The zero-order valence-electron chi connectivity index (χ0n) is 10.4. The summed E-state index contributed by atoms with van der Waals surface area (Å²) in [6, 6.07) is 3.02. The Labute approximate surface area is 109 Å². The molecule has 19 heavy (non-hydrogen) atoms. The van der Waals surface area contributed by atoms with Gasteiger partial charge in [0, 0.05) is 31.4 Å². The van der Waals surface area contributed by atoms with Crippen LogP contribution in [0.2, 0.25) is 0 Å². The molecule has 8 nitrogen and oxygen atoms in total. The minimum Gasteiger partial charge on any atom is -0.319 e. The van der Waals surface area contributed by atoms with Gasteiger partial charge in [-0.2, -0.15) is 0 Å². The fourth-order valence-corrected chi connectivity index (χ4v) is 2.36. The maximum absolute atomic E-state index is 11.6. The van der Waals surface area contributed by atoms with Crippen LogP contribution in [0.25, 0.3) is 11.4 Å². The van der Waals surface area contributed by atoms with Gasteiger partial charge < -0.3 is 4.57 Å². The molecule has 0 amide bonds. The van der Waals surface area contributed by atoms with Crippen LogP contribution in [0.15, 0.2) is 28.3 Å². The first kappa shape index (κ1) is 13.4. The first-order valence-corrected chi connectivity index (χ1v) is 7.02. The topological polar surface area (TPSA) is 113 Å². The molecule has 0 radical (unpaired) electrons. The van der Waals surface area contributed by atoms with E-state index in [0.29, 0.717) is 17.9 Å². The Morgan fingerprint density at radius 3 is 2.58 bits per heavy atom. The van der Waals surface area contributed by atoms with Crippen LogP contribution in [0.3, 0.4) is 0 Å². The van der Waals surface area contributed by atoms with Gasteiger partial charge in [-0.3, -0.25) is 9.36 Å². The fourth-order valence-electron chi connectivity index (χ4n) is 1.69. The van der Waals surface area contributed by atoms with Gasteiger partial charge in [0.25, 0.3) is 20.7 Å². The summed E-state index contributed by atoms with van der Waals surface area (Å²) in [7, 11) is -2.33. The van der Waals surface area contributed by atoms with E-state index in [9.17, 15) is 13.2 Å². The lowest BCUT2D eigenvalue weighted by molar-refractivity contribution is 0.571. The Morgan fingerprint density at radius 1 is 1.37 bits per heavy atom. The van der Waals surface area contributed by atoms with E-state index in [1.807, 2.05) is 0 Å². The molecular formula is C10H13N5O3S. The van der Waals surface area contributed by atoms with Crippen LogP contribution >= 0.6 is 0 Å². The van der Waals surface area contributed by atoms with Crippen molar-refractivity contribution in [1.29, 1.82) is 0 Å². The van der Waals surface area contributed by atoms with Crippen LogP contribution in [-0.4, -0.2) is 27.7 Å². The smallest absolute Gasteiger partial charge is 0.273 e. The van der Waals surface area contributed by atoms with Crippen LogP contribution < -0.4 is 10.7 Å². The van der Waals surface area contributed by atoms with Crippen molar-refractivity contribution in [3.63, 3.8) is 0 Å². The summed E-state index contributed by atoms with van der Waals surface area (Å²) in [5.41, 5.74) is 0.271. The average molecular weight is 283 g/mol. The zero-order chi connectivity index (χ0) is 14.2. The quantitative estimate of drug-likeness (QED) is 0.801. The molecular weight excluding hydrogens is 270 g/mol. The van der Waals surface area contributed by atoms with Gasteiger partial charge in [0.2, 0.25) is 0 Å². The molecule has 0 saturated carbocycles. The molecule has 2 N–H and O–H groups in total. The third kappa shape index (κ3) is 2.42. The highest BCUT2D eigenvalue weighted by atomic mass is 32.2. The van der Waals surface area contributed by atoms with E-state index in [1.165, 1.54) is 15.2 Å². The number of aryl methyl sites for hydroxylation is 1. The van der Waals surface area contributed by atoms with Crippen molar-refractivity contribution in [2.24, 2.45) is 12.2 Å². The number of hydrogen-bond acceptors (Lipinski definition) is 5. The summed E-state index contributed by atoms with van der Waals surface area (Å²) in [5, 5.41) is 12.1. The lowest BCUT2D eigenvalue weighted by atomic mass is 10.2. The minimum absolute atomic E-state index is 0.222. The molecule has 2 aromatic heterocycles. The molecule has 0 saturated heterocycles. The van der Waals surface area contributed by atoms with Gasteiger partial charge >= 0.3 is 0 Å². The van der Waals surface area contributed by atoms with Gasteiger partial charge in [0.15, 0.2) is 5.82 Å². The van der Waals surface area contributed by atoms with Gasteiger partial charge in [-0.15, -0.1) is 10.2 Å². The minimum atomic E-state index is -3.95. The molecule has 0 aliphatic heterocycles. The van der Waals surface area contributed by atoms with Crippen LogP contribution in [0.4, 0.5) is 0 Å². The molecule has 102 valence electrons. The standard InChI is InChI=1S/C10H13N5O3S/c1-3-15-9(12-13-10(15)19(11,17)18)7-4-5-14(2)8(16)6-7/h4-6H,3H2,1-2H3,(H2,11,17,18). The largest absolute Gasteiger partial charge is 0.319 e. The highest BCUT2D eigenvalue weighted by Gasteiger charge is 2.21. The summed E-state index contributed by atoms with van der Waals surface area (Å²) >= 11 is 0.